The lowest BCUT2D eigenvalue weighted by Gasteiger charge is -2.12. The Morgan fingerprint density at radius 1 is 0.839 bits per heavy atom. The number of hydrogen-bond acceptors (Lipinski definition) is 4. The Morgan fingerprint density at radius 2 is 1.42 bits per heavy atom. The van der Waals surface area contributed by atoms with E-state index in [9.17, 15) is 10.1 Å². The Labute approximate surface area is 186 Å². The van der Waals surface area contributed by atoms with Crippen LogP contribution < -0.4 is 0 Å². The third-order valence-corrected chi connectivity index (χ3v) is 5.90. The molecule has 0 N–H and O–H groups in total. The highest BCUT2D eigenvalue weighted by Crippen LogP contribution is 2.34. The first kappa shape index (κ1) is 20.6. The molecule has 0 unspecified atom stereocenters. The van der Waals surface area contributed by atoms with Crippen LogP contribution in [0.3, 0.4) is 0 Å². The number of ketones is 1. The molecule has 0 saturated heterocycles. The van der Waals surface area contributed by atoms with Crippen LogP contribution in [0, 0.1) is 11.3 Å². The first-order valence-electron chi connectivity index (χ1n) is 9.99. The molecule has 1 heterocycles. The number of carbonyl (C=O) groups excluding carboxylic acids is 1. The number of rotatable bonds is 7. The van der Waals surface area contributed by atoms with Crippen molar-refractivity contribution >= 4 is 17.5 Å². The summed E-state index contributed by atoms with van der Waals surface area (Å²) in [6, 6.07) is 33.7. The van der Waals surface area contributed by atoms with Crippen LogP contribution in [0.15, 0.2) is 102 Å². The molecule has 3 nitrogen and oxygen atoms in total. The Balaban J connectivity index is 1.68. The fourth-order valence-electron chi connectivity index (χ4n) is 3.36. The highest BCUT2D eigenvalue weighted by molar-refractivity contribution is 8.00. The zero-order valence-corrected chi connectivity index (χ0v) is 17.7. The lowest BCUT2D eigenvalue weighted by molar-refractivity contribution is -0.116. The molecule has 1 aromatic heterocycles. The van der Waals surface area contributed by atoms with Gasteiger partial charge >= 0.3 is 0 Å². The second kappa shape index (κ2) is 9.88. The van der Waals surface area contributed by atoms with Gasteiger partial charge in [-0.2, -0.15) is 5.26 Å². The molecule has 0 aliphatic heterocycles. The van der Waals surface area contributed by atoms with Crippen LogP contribution in [0.4, 0.5) is 0 Å². The maximum Gasteiger partial charge on any atom is 0.147 e. The van der Waals surface area contributed by atoms with Gasteiger partial charge in [0.05, 0.1) is 17.0 Å². The summed E-state index contributed by atoms with van der Waals surface area (Å²) in [5.74, 6) is 0.372. The third-order valence-electron chi connectivity index (χ3n) is 4.87. The summed E-state index contributed by atoms with van der Waals surface area (Å²) in [6.07, 6.45) is 0.375. The second-order valence-corrected chi connectivity index (χ2v) is 8.03. The number of Topliss-reactive ketones (excluding diaryl/α,β-unsaturated/α-hetero) is 1. The molecule has 0 bridgehead atoms. The zero-order chi connectivity index (χ0) is 21.5. The predicted octanol–water partition coefficient (Wildman–Crippen LogP) is 6.19. The molecule has 0 fully saturated rings. The lowest BCUT2D eigenvalue weighted by atomic mass is 9.99. The van der Waals surface area contributed by atoms with Gasteiger partial charge in [0.25, 0.3) is 0 Å². The molecule has 4 rings (SSSR count). The summed E-state index contributed by atoms with van der Waals surface area (Å²) in [6.45, 7) is 0. The van der Waals surface area contributed by atoms with Crippen molar-refractivity contribution in [3.05, 3.63) is 108 Å². The van der Waals surface area contributed by atoms with E-state index >= 15 is 0 Å². The molecule has 31 heavy (non-hydrogen) atoms. The van der Waals surface area contributed by atoms with Gasteiger partial charge in [-0.15, -0.1) is 0 Å². The highest BCUT2D eigenvalue weighted by atomic mass is 32.2. The van der Waals surface area contributed by atoms with Crippen LogP contribution in [0.1, 0.15) is 11.1 Å². The second-order valence-electron chi connectivity index (χ2n) is 7.07. The Bertz CT molecular complexity index is 1220. The Morgan fingerprint density at radius 3 is 2.03 bits per heavy atom. The summed E-state index contributed by atoms with van der Waals surface area (Å²) in [5.41, 5.74) is 5.04. The van der Waals surface area contributed by atoms with Gasteiger partial charge in [0.15, 0.2) is 0 Å². The average Bonchev–Trinajstić information content (AvgIpc) is 2.84. The molecule has 0 aliphatic carbocycles. The third kappa shape index (κ3) is 5.09. The summed E-state index contributed by atoms with van der Waals surface area (Å²) in [4.78, 5) is 17.3. The SMILES string of the molecule is N#Cc1c(-c2ccccc2)cc(-c2ccccc2)nc1SCC(=O)Cc1ccccc1. The van der Waals surface area contributed by atoms with Gasteiger partial charge in [-0.25, -0.2) is 4.98 Å². The molecule has 0 spiro atoms. The van der Waals surface area contributed by atoms with Gasteiger partial charge < -0.3 is 0 Å². The summed E-state index contributed by atoms with van der Waals surface area (Å²) < 4.78 is 0. The standard InChI is InChI=1S/C27H20N2OS/c28-18-25-24(21-12-6-2-7-13-21)17-26(22-14-8-3-9-15-22)29-27(25)31-19-23(30)16-20-10-4-1-5-11-20/h1-15,17H,16,19H2. The van der Waals surface area contributed by atoms with Gasteiger partial charge in [-0.1, -0.05) is 103 Å². The lowest BCUT2D eigenvalue weighted by Crippen LogP contribution is -2.06. The van der Waals surface area contributed by atoms with E-state index in [1.165, 1.54) is 11.8 Å². The van der Waals surface area contributed by atoms with Crippen LogP contribution in [0.2, 0.25) is 0 Å². The fourth-order valence-corrected chi connectivity index (χ4v) is 4.22. The fraction of sp³-hybridized carbons (Fsp3) is 0.0741. The molecule has 0 atom stereocenters. The number of thioether (sulfide) groups is 1. The molecule has 3 aromatic carbocycles. The molecule has 4 aromatic rings. The van der Waals surface area contributed by atoms with Crippen molar-refractivity contribution in [3.8, 4) is 28.5 Å². The van der Waals surface area contributed by atoms with Crippen molar-refractivity contribution in [2.45, 2.75) is 11.4 Å². The summed E-state index contributed by atoms with van der Waals surface area (Å²) >= 11 is 1.33. The molecule has 4 heteroatoms. The highest BCUT2D eigenvalue weighted by Gasteiger charge is 2.17. The number of hydrogen-bond donors (Lipinski definition) is 0. The number of benzene rings is 3. The van der Waals surface area contributed by atoms with Crippen molar-refractivity contribution in [2.75, 3.05) is 5.75 Å². The average molecular weight is 421 g/mol. The van der Waals surface area contributed by atoms with Gasteiger partial charge in [-0.05, 0) is 17.2 Å². The molecule has 0 radical (unpaired) electrons. The molecule has 0 amide bonds. The van der Waals surface area contributed by atoms with Crippen LogP contribution in [-0.4, -0.2) is 16.5 Å². The maximum atomic E-state index is 12.6. The quantitative estimate of drug-likeness (QED) is 0.335. The van der Waals surface area contributed by atoms with Crippen LogP contribution >= 0.6 is 11.8 Å². The van der Waals surface area contributed by atoms with E-state index in [0.717, 1.165) is 27.9 Å². The van der Waals surface area contributed by atoms with Crippen molar-refractivity contribution in [3.63, 3.8) is 0 Å². The minimum Gasteiger partial charge on any atom is -0.298 e. The number of pyridine rings is 1. The van der Waals surface area contributed by atoms with E-state index < -0.39 is 0 Å². The Kier molecular flexibility index (Phi) is 6.56. The van der Waals surface area contributed by atoms with E-state index in [0.29, 0.717) is 17.0 Å². The van der Waals surface area contributed by atoms with E-state index in [1.54, 1.807) is 0 Å². The van der Waals surface area contributed by atoms with E-state index in [-0.39, 0.29) is 11.5 Å². The van der Waals surface area contributed by atoms with Crippen molar-refractivity contribution in [1.82, 2.24) is 4.98 Å². The van der Waals surface area contributed by atoms with Gasteiger partial charge in [0, 0.05) is 17.5 Å². The van der Waals surface area contributed by atoms with Gasteiger partial charge in [0.1, 0.15) is 16.9 Å². The van der Waals surface area contributed by atoms with E-state index in [1.807, 2.05) is 97.1 Å². The molecule has 0 aliphatic rings. The largest absolute Gasteiger partial charge is 0.298 e. The normalized spacial score (nSPS) is 10.4. The smallest absolute Gasteiger partial charge is 0.147 e. The van der Waals surface area contributed by atoms with Gasteiger partial charge in [-0.3, -0.25) is 4.79 Å². The maximum absolute atomic E-state index is 12.6. The van der Waals surface area contributed by atoms with Crippen LogP contribution in [0.5, 0.6) is 0 Å². The predicted molar refractivity (Wildman–Crippen MR) is 126 cm³/mol. The number of nitrogens with zero attached hydrogens (tertiary/aromatic N) is 2. The molecule has 150 valence electrons. The van der Waals surface area contributed by atoms with Crippen molar-refractivity contribution < 1.29 is 4.79 Å². The minimum atomic E-state index is 0.105. The first-order chi connectivity index (χ1) is 15.2. The zero-order valence-electron chi connectivity index (χ0n) is 16.9. The van der Waals surface area contributed by atoms with Gasteiger partial charge in [0.2, 0.25) is 0 Å². The minimum absolute atomic E-state index is 0.105. The van der Waals surface area contributed by atoms with E-state index in [4.69, 9.17) is 4.98 Å². The summed E-state index contributed by atoms with van der Waals surface area (Å²) in [7, 11) is 0. The van der Waals surface area contributed by atoms with Crippen LogP contribution in [-0.2, 0) is 11.2 Å². The first-order valence-corrected chi connectivity index (χ1v) is 11.0. The molecular formula is C27H20N2OS. The van der Waals surface area contributed by atoms with Crippen molar-refractivity contribution in [1.29, 1.82) is 5.26 Å². The number of carbonyl (C=O) groups is 1. The Hall–Kier alpha value is -3.68. The van der Waals surface area contributed by atoms with Crippen molar-refractivity contribution in [2.24, 2.45) is 0 Å². The summed E-state index contributed by atoms with van der Waals surface area (Å²) in [5, 5.41) is 10.5. The topological polar surface area (TPSA) is 53.8 Å². The number of aromatic nitrogens is 1. The van der Waals surface area contributed by atoms with E-state index in [2.05, 4.69) is 6.07 Å². The molecular weight excluding hydrogens is 400 g/mol. The number of nitriles is 1. The molecule has 0 saturated carbocycles. The van der Waals surface area contributed by atoms with Crippen LogP contribution in [0.25, 0.3) is 22.4 Å². The monoisotopic (exact) mass is 420 g/mol.